The van der Waals surface area contributed by atoms with Gasteiger partial charge in [0, 0.05) is 14.0 Å². The van der Waals surface area contributed by atoms with Gasteiger partial charge in [0.2, 0.25) is 0 Å². The van der Waals surface area contributed by atoms with E-state index in [9.17, 15) is 4.39 Å². The number of hydrogen-bond acceptors (Lipinski definition) is 2. The van der Waals surface area contributed by atoms with Crippen molar-refractivity contribution in [3.8, 4) is 11.5 Å². The minimum atomic E-state index is -0.130. The molecule has 0 fully saturated rings. The molecule has 0 aromatic heterocycles. The van der Waals surface area contributed by atoms with Crippen LogP contribution in [0.15, 0.2) is 124 Å². The first kappa shape index (κ1) is 46.9. The van der Waals surface area contributed by atoms with Gasteiger partial charge in [0.15, 0.2) is 0 Å². The summed E-state index contributed by atoms with van der Waals surface area (Å²) in [5.74, 6) is 3.75. The van der Waals surface area contributed by atoms with E-state index in [0.29, 0.717) is 29.4 Å². The number of rotatable bonds is 6. The number of methoxy groups -OCH3 is 1. The molecule has 0 aliphatic heterocycles. The van der Waals surface area contributed by atoms with E-state index in [-0.39, 0.29) is 11.7 Å². The van der Waals surface area contributed by atoms with Crippen molar-refractivity contribution >= 4 is 43.5 Å². The van der Waals surface area contributed by atoms with Crippen LogP contribution >= 0.6 is 43.5 Å². The lowest BCUT2D eigenvalue weighted by molar-refractivity contribution is 0.414. The molecule has 0 saturated carbocycles. The zero-order valence-corrected chi connectivity index (χ0v) is 36.7. The molecular weight excluding hydrogens is 799 g/mol. The molecule has 0 aliphatic rings. The Balaban J connectivity index is 0.000000325. The second kappa shape index (κ2) is 25.0. The van der Waals surface area contributed by atoms with E-state index in [1.807, 2.05) is 62.4 Å². The van der Waals surface area contributed by atoms with Crippen LogP contribution < -0.4 is 4.74 Å². The highest BCUT2D eigenvalue weighted by atomic mass is 79.9. The molecule has 0 bridgehead atoms. The minimum absolute atomic E-state index is 0.130. The van der Waals surface area contributed by atoms with Gasteiger partial charge in [0.25, 0.3) is 0 Å². The Bertz CT molecular complexity index is 1550. The lowest BCUT2D eigenvalue weighted by Crippen LogP contribution is -1.91. The molecule has 5 aromatic rings. The maximum Gasteiger partial charge on any atom is 0.127 e. The fourth-order valence-electron chi connectivity index (χ4n) is 4.51. The van der Waals surface area contributed by atoms with Crippen LogP contribution in [0.2, 0.25) is 5.02 Å². The highest BCUT2D eigenvalue weighted by Crippen LogP contribution is 2.22. The Morgan fingerprint density at radius 1 is 0.500 bits per heavy atom. The van der Waals surface area contributed by atoms with Gasteiger partial charge in [-0.25, -0.2) is 4.39 Å². The second-order valence-electron chi connectivity index (χ2n) is 13.9. The van der Waals surface area contributed by atoms with E-state index >= 15 is 0 Å². The van der Waals surface area contributed by atoms with Crippen LogP contribution in [0.5, 0.6) is 11.5 Å². The Hall–Kier alpha value is -3.12. The molecule has 282 valence electrons. The monoisotopic (exact) mass is 854 g/mol. The topological polar surface area (TPSA) is 29.5 Å². The summed E-state index contributed by atoms with van der Waals surface area (Å²) in [7, 11) is 1.68. The molecule has 0 radical (unpaired) electrons. The van der Waals surface area contributed by atoms with Gasteiger partial charge >= 0.3 is 0 Å². The molecule has 0 heterocycles. The average molecular weight is 857 g/mol. The van der Waals surface area contributed by atoms with E-state index in [1.165, 1.54) is 28.3 Å². The van der Waals surface area contributed by atoms with Gasteiger partial charge in [-0.2, -0.15) is 0 Å². The Morgan fingerprint density at radius 2 is 0.846 bits per heavy atom. The molecule has 1 N–H and O–H groups in total. The molecule has 0 amide bonds. The van der Waals surface area contributed by atoms with Crippen LogP contribution in [0.4, 0.5) is 4.39 Å². The standard InChI is InChI=1S/C10H14O.C9H10BrF.C9H11Br.C9H11Cl.C9H12O/c1-8(2)9-4-6-10(11-3)7-5-9;1-6(2)8-4-3-7(10)5-9(8)11;3*1-7(2)8-3-5-9(10)6-4-8/h4-8H,1-3H3;3-6H,1-2H3;2*3-7H,1-2H3;3-7,10H,1-2H3. The first-order valence-corrected chi connectivity index (χ1v) is 19.8. The third-order valence-electron chi connectivity index (χ3n) is 8.00. The predicted molar refractivity (Wildman–Crippen MR) is 231 cm³/mol. The molecule has 0 saturated heterocycles. The lowest BCUT2D eigenvalue weighted by atomic mass is 10.0. The number of aromatic hydroxyl groups is 1. The van der Waals surface area contributed by atoms with E-state index in [2.05, 4.69) is 136 Å². The van der Waals surface area contributed by atoms with Crippen molar-refractivity contribution in [1.82, 2.24) is 0 Å². The molecule has 0 atom stereocenters. The molecule has 6 heteroatoms. The van der Waals surface area contributed by atoms with Gasteiger partial charge in [0.1, 0.15) is 17.3 Å². The van der Waals surface area contributed by atoms with E-state index in [4.69, 9.17) is 21.4 Å². The van der Waals surface area contributed by atoms with Gasteiger partial charge in [-0.15, -0.1) is 0 Å². The number of halogens is 4. The SMILES string of the molecule is CC(C)c1ccc(Br)cc1.CC(C)c1ccc(Br)cc1F.CC(C)c1ccc(Cl)cc1.CC(C)c1ccc(O)cc1.COc1ccc(C(C)C)cc1. The summed E-state index contributed by atoms with van der Waals surface area (Å²) in [6.07, 6.45) is 0. The normalized spacial score (nSPS) is 10.4. The highest BCUT2D eigenvalue weighted by Gasteiger charge is 2.05. The van der Waals surface area contributed by atoms with Crippen molar-refractivity contribution in [1.29, 1.82) is 0 Å². The van der Waals surface area contributed by atoms with Crippen molar-refractivity contribution in [2.45, 2.75) is 98.8 Å². The molecule has 2 nitrogen and oxygen atoms in total. The van der Waals surface area contributed by atoms with Crippen LogP contribution in [0.25, 0.3) is 0 Å². The zero-order chi connectivity index (χ0) is 39.4. The summed E-state index contributed by atoms with van der Waals surface area (Å²) >= 11 is 12.3. The van der Waals surface area contributed by atoms with Gasteiger partial charge in [-0.1, -0.05) is 167 Å². The molecular formula is C46H58Br2ClFO2. The number of phenolic OH excluding ortho intramolecular Hbond substituents is 1. The second-order valence-corrected chi connectivity index (χ2v) is 16.2. The van der Waals surface area contributed by atoms with E-state index in [1.54, 1.807) is 19.2 Å². The molecule has 5 rings (SSSR count). The lowest BCUT2D eigenvalue weighted by Gasteiger charge is -2.05. The third kappa shape index (κ3) is 19.1. The third-order valence-corrected chi connectivity index (χ3v) is 9.27. The van der Waals surface area contributed by atoms with Crippen molar-refractivity contribution in [3.05, 3.63) is 163 Å². The smallest absolute Gasteiger partial charge is 0.127 e. The van der Waals surface area contributed by atoms with Crippen molar-refractivity contribution in [3.63, 3.8) is 0 Å². The fraction of sp³-hybridized carbons (Fsp3) is 0.348. The summed E-state index contributed by atoms with van der Waals surface area (Å²) in [5, 5.41) is 9.75. The van der Waals surface area contributed by atoms with Crippen LogP contribution in [-0.2, 0) is 0 Å². The van der Waals surface area contributed by atoms with Crippen LogP contribution in [0, 0.1) is 5.82 Å². The van der Waals surface area contributed by atoms with Crippen LogP contribution in [-0.4, -0.2) is 12.2 Å². The Labute approximate surface area is 336 Å². The Kier molecular flexibility index (Phi) is 22.5. The van der Waals surface area contributed by atoms with E-state index in [0.717, 1.165) is 25.3 Å². The van der Waals surface area contributed by atoms with E-state index < -0.39 is 0 Å². The largest absolute Gasteiger partial charge is 0.508 e. The molecule has 52 heavy (non-hydrogen) atoms. The average Bonchev–Trinajstić information content (AvgIpc) is 3.10. The van der Waals surface area contributed by atoms with Crippen LogP contribution in [0.3, 0.4) is 0 Å². The minimum Gasteiger partial charge on any atom is -0.508 e. The number of phenols is 1. The maximum atomic E-state index is 13.1. The quantitative estimate of drug-likeness (QED) is 0.184. The summed E-state index contributed by atoms with van der Waals surface area (Å²) in [6.45, 7) is 21.3. The summed E-state index contributed by atoms with van der Waals surface area (Å²) in [6, 6.07) is 37.1. The van der Waals surface area contributed by atoms with Crippen LogP contribution in [0.1, 0.15) is 127 Å². The maximum absolute atomic E-state index is 13.1. The Morgan fingerprint density at radius 3 is 1.19 bits per heavy atom. The van der Waals surface area contributed by atoms with Crippen molar-refractivity contribution < 1.29 is 14.2 Å². The highest BCUT2D eigenvalue weighted by molar-refractivity contribution is 9.10. The van der Waals surface area contributed by atoms with Crippen molar-refractivity contribution in [2.75, 3.05) is 7.11 Å². The molecule has 5 aromatic carbocycles. The van der Waals surface area contributed by atoms with Gasteiger partial charge in [0.05, 0.1) is 7.11 Å². The zero-order valence-electron chi connectivity index (χ0n) is 32.7. The first-order chi connectivity index (χ1) is 24.4. The van der Waals surface area contributed by atoms with Gasteiger partial charge in [-0.05, 0) is 118 Å². The summed E-state index contributed by atoms with van der Waals surface area (Å²) < 4.78 is 20.1. The number of hydrogen-bond donors (Lipinski definition) is 1. The number of benzene rings is 5. The molecule has 0 aliphatic carbocycles. The predicted octanol–water partition coefficient (Wildman–Crippen LogP) is 16.1. The summed E-state index contributed by atoms with van der Waals surface area (Å²) in [5.41, 5.74) is 6.12. The van der Waals surface area contributed by atoms with Gasteiger partial charge < -0.3 is 9.84 Å². The number of ether oxygens (including phenoxy) is 1. The first-order valence-electron chi connectivity index (χ1n) is 17.8. The molecule has 0 spiro atoms. The molecule has 0 unspecified atom stereocenters. The summed E-state index contributed by atoms with van der Waals surface area (Å²) in [4.78, 5) is 0. The van der Waals surface area contributed by atoms with Gasteiger partial charge in [-0.3, -0.25) is 0 Å². The van der Waals surface area contributed by atoms with Crippen molar-refractivity contribution in [2.24, 2.45) is 0 Å². The fourth-order valence-corrected chi connectivity index (χ4v) is 5.24.